The lowest BCUT2D eigenvalue weighted by atomic mass is 9.84. The van der Waals surface area contributed by atoms with Crippen LogP contribution < -0.4 is 16.4 Å². The monoisotopic (exact) mass is 806 g/mol. The Morgan fingerprint density at radius 1 is 1.04 bits per heavy atom. The van der Waals surface area contributed by atoms with E-state index in [4.69, 9.17) is 28.3 Å². The lowest BCUT2D eigenvalue weighted by Crippen LogP contribution is -2.44. The molecule has 18 nitrogen and oxygen atoms in total. The first kappa shape index (κ1) is 45.2. The summed E-state index contributed by atoms with van der Waals surface area (Å²) in [5.74, 6) is -1.84. The van der Waals surface area contributed by atoms with Crippen LogP contribution in [0.4, 0.5) is 4.79 Å². The number of hydrogen-bond donors (Lipinski definition) is 6. The highest BCUT2D eigenvalue weighted by atomic mass is 32.3. The summed E-state index contributed by atoms with van der Waals surface area (Å²) >= 11 is 0. The van der Waals surface area contributed by atoms with E-state index in [1.54, 1.807) is 26.8 Å². The first-order chi connectivity index (χ1) is 25.2. The van der Waals surface area contributed by atoms with Gasteiger partial charge >= 0.3 is 26.9 Å². The molecule has 1 saturated heterocycles. The zero-order chi connectivity index (χ0) is 40.4. The van der Waals surface area contributed by atoms with E-state index in [9.17, 15) is 40.6 Å². The Hall–Kier alpha value is -3.18. The predicted octanol–water partition coefficient (Wildman–Crippen LogP) is 1.69. The number of ether oxygens (including phenoxy) is 3. The largest absolute Gasteiger partial charge is 0.439 e. The van der Waals surface area contributed by atoms with Gasteiger partial charge in [-0.1, -0.05) is 38.2 Å². The number of nitrogens with two attached hydrogens (primary N) is 1. The number of fused-ring (bicyclic) bond motifs is 2. The summed E-state index contributed by atoms with van der Waals surface area (Å²) in [5, 5.41) is 17.2. The molecule has 2 heterocycles. The Morgan fingerprint density at radius 2 is 1.69 bits per heavy atom. The molecule has 0 aromatic rings. The maximum atomic E-state index is 13.5. The maximum Gasteiger partial charge on any atom is 0.405 e. The van der Waals surface area contributed by atoms with Crippen LogP contribution >= 0.6 is 0 Å². The highest BCUT2D eigenvalue weighted by Crippen LogP contribution is 2.35. The number of methoxy groups -OCH3 is 2. The minimum Gasteiger partial charge on any atom is -0.439 e. The zero-order valence-electron chi connectivity index (χ0n) is 31.3. The Bertz CT molecular complexity index is 1700. The standard InChI is InChI=1S/C34H54N4O14S2/c1-20-16-24-29(36-12-15-38-13-7-8-14-38)27(51-53(42,43)44)19-25(32(24)52-54(45,46)47)37-33(40)21(2)10-9-11-26(48-5)31(50-34(35)41)23(4)18-22(3)30(39)28(17-20)49-6/h9-11,18-20,22,26-28,30-32,36,39H,7-8,12-17H2,1-6H3,(H2,35,41)(H,37,40)(H,42,43,44)(H,45,46,47)/b11-9-,21-10+,23-18+/t20-,22+,26+,27?,28+,30-,31+,32?/m1/s1. The highest BCUT2D eigenvalue weighted by Gasteiger charge is 2.39. The van der Waals surface area contributed by atoms with Crippen LogP contribution in [0, 0.1) is 11.8 Å². The SMILES string of the molecule is CO[C@H]1/C=C\C=C(/C)C(=O)NC2=CC(OS(=O)(=O)O)C(NCCN3CCCC3)=C(C[C@@H](C)C[C@H](OC)[C@H](O)[C@@H](C)/C=C(\C)[C@@H]1OC(N)=O)C2OS(=O)(=O)O. The summed E-state index contributed by atoms with van der Waals surface area (Å²) in [7, 11) is -7.57. The minimum absolute atomic E-state index is 0.0268. The predicted molar refractivity (Wildman–Crippen MR) is 196 cm³/mol. The molecule has 20 heteroatoms. The molecule has 3 aliphatic rings. The Morgan fingerprint density at radius 3 is 2.26 bits per heavy atom. The number of nitrogens with zero attached hydrogens (tertiary/aromatic N) is 1. The molecule has 2 unspecified atom stereocenters. The molecule has 0 radical (unpaired) electrons. The summed E-state index contributed by atoms with van der Waals surface area (Å²) in [6.07, 6.45) is 0.936. The van der Waals surface area contributed by atoms with E-state index in [0.717, 1.165) is 32.0 Å². The molecule has 0 aromatic heterocycles. The zero-order valence-corrected chi connectivity index (χ0v) is 33.0. The molecule has 306 valence electrons. The molecule has 54 heavy (non-hydrogen) atoms. The number of aliphatic hydroxyl groups is 1. The Balaban J connectivity index is 2.24. The van der Waals surface area contributed by atoms with Gasteiger partial charge in [0.1, 0.15) is 18.3 Å². The van der Waals surface area contributed by atoms with E-state index < -0.39 is 81.3 Å². The quantitative estimate of drug-likeness (QED) is 0.128. The average Bonchev–Trinajstić information content (AvgIpc) is 3.59. The second kappa shape index (κ2) is 20.1. The number of carbonyl (C=O) groups is 2. The van der Waals surface area contributed by atoms with Crippen molar-refractivity contribution in [2.24, 2.45) is 17.6 Å². The average molecular weight is 807 g/mol. The highest BCUT2D eigenvalue weighted by molar-refractivity contribution is 7.81. The molecule has 2 aliphatic heterocycles. The molecular formula is C34H54N4O14S2. The molecule has 8 atom stereocenters. The smallest absolute Gasteiger partial charge is 0.405 e. The van der Waals surface area contributed by atoms with Gasteiger partial charge in [0.2, 0.25) is 0 Å². The third kappa shape index (κ3) is 13.8. The van der Waals surface area contributed by atoms with E-state index in [-0.39, 0.29) is 41.9 Å². The van der Waals surface area contributed by atoms with Crippen molar-refractivity contribution in [1.82, 2.24) is 15.5 Å². The molecular weight excluding hydrogens is 753 g/mol. The van der Waals surface area contributed by atoms with Crippen molar-refractivity contribution in [2.75, 3.05) is 40.4 Å². The van der Waals surface area contributed by atoms with Gasteiger partial charge in [0.15, 0.2) is 6.10 Å². The number of likely N-dealkylation sites (tertiary alicyclic amines) is 1. The maximum absolute atomic E-state index is 13.5. The van der Waals surface area contributed by atoms with Crippen LogP contribution in [0.3, 0.4) is 0 Å². The first-order valence-electron chi connectivity index (χ1n) is 17.5. The van der Waals surface area contributed by atoms with Gasteiger partial charge in [0.25, 0.3) is 5.91 Å². The van der Waals surface area contributed by atoms with E-state index in [1.807, 2.05) is 0 Å². The van der Waals surface area contributed by atoms with E-state index in [0.29, 0.717) is 12.1 Å². The number of nitrogens with one attached hydrogen (secondary N) is 2. The summed E-state index contributed by atoms with van der Waals surface area (Å²) < 4.78 is 95.6. The molecule has 2 bridgehead atoms. The number of primary amides is 1. The topological polar surface area (TPSA) is 263 Å². The van der Waals surface area contributed by atoms with Gasteiger partial charge in [-0.25, -0.2) is 13.2 Å². The van der Waals surface area contributed by atoms with Crippen LogP contribution in [0.2, 0.25) is 0 Å². The summed E-state index contributed by atoms with van der Waals surface area (Å²) in [4.78, 5) is 27.6. The van der Waals surface area contributed by atoms with Crippen LogP contribution in [-0.4, -0.2) is 125 Å². The number of aliphatic hydroxyl groups excluding tert-OH is 1. The van der Waals surface area contributed by atoms with Crippen molar-refractivity contribution in [3.63, 3.8) is 0 Å². The van der Waals surface area contributed by atoms with Gasteiger partial charge < -0.3 is 40.6 Å². The fourth-order valence-corrected chi connectivity index (χ4v) is 7.69. The second-order valence-electron chi connectivity index (χ2n) is 13.7. The lowest BCUT2D eigenvalue weighted by molar-refractivity contribution is -0.117. The molecule has 1 fully saturated rings. The summed E-state index contributed by atoms with van der Waals surface area (Å²) in [5.41, 5.74) is 5.73. The van der Waals surface area contributed by atoms with Crippen LogP contribution in [0.15, 0.2) is 58.5 Å². The minimum atomic E-state index is -5.21. The van der Waals surface area contributed by atoms with Gasteiger partial charge in [-0.15, -0.1) is 0 Å². The first-order valence-corrected chi connectivity index (χ1v) is 20.2. The molecule has 0 spiro atoms. The number of hydrogen-bond acceptors (Lipinski definition) is 14. The van der Waals surface area contributed by atoms with Crippen molar-refractivity contribution in [3.8, 4) is 0 Å². The lowest BCUT2D eigenvalue weighted by Gasteiger charge is -2.35. The van der Waals surface area contributed by atoms with Gasteiger partial charge in [-0.2, -0.15) is 16.8 Å². The van der Waals surface area contributed by atoms with Gasteiger partial charge in [-0.05, 0) is 75.8 Å². The van der Waals surface area contributed by atoms with Crippen molar-refractivity contribution < 1.29 is 63.2 Å². The van der Waals surface area contributed by atoms with Crippen LogP contribution in [-0.2, 0) is 48.2 Å². The normalized spacial score (nSPS) is 32.5. The van der Waals surface area contributed by atoms with Gasteiger partial charge in [-0.3, -0.25) is 13.9 Å². The molecule has 2 amide bonds. The van der Waals surface area contributed by atoms with E-state index in [1.165, 1.54) is 39.4 Å². The number of amides is 2. The molecule has 3 rings (SSSR count). The Labute approximate surface area is 317 Å². The van der Waals surface area contributed by atoms with Crippen LogP contribution in [0.5, 0.6) is 0 Å². The van der Waals surface area contributed by atoms with Gasteiger partial charge in [0.05, 0.1) is 17.9 Å². The third-order valence-electron chi connectivity index (χ3n) is 9.42. The van der Waals surface area contributed by atoms with Crippen LogP contribution in [0.1, 0.15) is 53.4 Å². The van der Waals surface area contributed by atoms with E-state index >= 15 is 0 Å². The second-order valence-corrected chi connectivity index (χ2v) is 15.8. The molecule has 1 aliphatic carbocycles. The van der Waals surface area contributed by atoms with Crippen molar-refractivity contribution in [2.45, 2.75) is 90.0 Å². The summed E-state index contributed by atoms with van der Waals surface area (Å²) in [6.45, 7) is 9.06. The number of rotatable bonds is 11. The third-order valence-corrected chi connectivity index (χ3v) is 10.3. The Kier molecular flexibility index (Phi) is 16.8. The van der Waals surface area contributed by atoms with Crippen molar-refractivity contribution in [3.05, 3.63) is 58.5 Å². The molecule has 0 saturated carbocycles. The van der Waals surface area contributed by atoms with Gasteiger partial charge in [0, 0.05) is 44.5 Å². The van der Waals surface area contributed by atoms with Crippen molar-refractivity contribution >= 4 is 32.8 Å². The fraction of sp³-hybridized carbons (Fsp3) is 0.647. The number of allylic oxidation sites excluding steroid dienone is 2. The van der Waals surface area contributed by atoms with Crippen LogP contribution in [0.25, 0.3) is 0 Å². The van der Waals surface area contributed by atoms with E-state index in [2.05, 4.69) is 15.5 Å². The summed E-state index contributed by atoms with van der Waals surface area (Å²) in [6, 6.07) is 0. The molecule has 0 aromatic carbocycles. The van der Waals surface area contributed by atoms with Crippen molar-refractivity contribution in [1.29, 1.82) is 0 Å². The molecule has 7 N–H and O–H groups in total. The number of carbonyl (C=O) groups excluding carboxylic acids is 2. The fourth-order valence-electron chi connectivity index (χ4n) is 6.82.